The van der Waals surface area contributed by atoms with E-state index in [-0.39, 0.29) is 5.56 Å². The Morgan fingerprint density at radius 1 is 1.44 bits per heavy atom. The van der Waals surface area contributed by atoms with Crippen molar-refractivity contribution in [2.24, 2.45) is 0 Å². The second-order valence-electron chi connectivity index (χ2n) is 3.93. The van der Waals surface area contributed by atoms with E-state index in [2.05, 4.69) is 5.10 Å². The predicted molar refractivity (Wildman–Crippen MR) is 69.9 cm³/mol. The zero-order chi connectivity index (χ0) is 13.1. The van der Waals surface area contributed by atoms with Gasteiger partial charge >= 0.3 is 5.97 Å². The number of halogens is 1. The second kappa shape index (κ2) is 5.23. The van der Waals surface area contributed by atoms with Crippen LogP contribution in [0.4, 0.5) is 0 Å². The van der Waals surface area contributed by atoms with Gasteiger partial charge < -0.3 is 5.11 Å². The van der Waals surface area contributed by atoms with E-state index in [1.54, 1.807) is 23.0 Å². The van der Waals surface area contributed by atoms with Crippen molar-refractivity contribution in [1.82, 2.24) is 9.78 Å². The SMILES string of the molecule is CCCn1nccc1-c1ccc(Cl)cc1C(=O)O. The molecule has 0 saturated carbocycles. The predicted octanol–water partition coefficient (Wildman–Crippen LogP) is 3.31. The number of hydrogen-bond acceptors (Lipinski definition) is 2. The lowest BCUT2D eigenvalue weighted by atomic mass is 10.0. The molecule has 0 unspecified atom stereocenters. The first-order chi connectivity index (χ1) is 8.63. The fraction of sp³-hybridized carbons (Fsp3) is 0.231. The molecule has 18 heavy (non-hydrogen) atoms. The van der Waals surface area contributed by atoms with E-state index in [9.17, 15) is 9.90 Å². The number of hydrogen-bond donors (Lipinski definition) is 1. The molecule has 0 fully saturated rings. The fourth-order valence-electron chi connectivity index (χ4n) is 1.87. The molecule has 0 saturated heterocycles. The number of aryl methyl sites for hydroxylation is 1. The summed E-state index contributed by atoms with van der Waals surface area (Å²) in [6.07, 6.45) is 2.61. The van der Waals surface area contributed by atoms with Crippen molar-refractivity contribution in [2.75, 3.05) is 0 Å². The van der Waals surface area contributed by atoms with Crippen molar-refractivity contribution in [3.63, 3.8) is 0 Å². The van der Waals surface area contributed by atoms with E-state index >= 15 is 0 Å². The molecule has 0 atom stereocenters. The molecule has 0 radical (unpaired) electrons. The summed E-state index contributed by atoms with van der Waals surface area (Å²) in [6, 6.07) is 6.68. The van der Waals surface area contributed by atoms with Crippen LogP contribution >= 0.6 is 11.6 Å². The lowest BCUT2D eigenvalue weighted by Crippen LogP contribution is -2.05. The van der Waals surface area contributed by atoms with E-state index in [0.29, 0.717) is 10.6 Å². The average molecular weight is 265 g/mol. The van der Waals surface area contributed by atoms with Gasteiger partial charge in [-0.15, -0.1) is 0 Å². The molecule has 0 aliphatic heterocycles. The van der Waals surface area contributed by atoms with Crippen LogP contribution in [0.2, 0.25) is 5.02 Å². The molecular weight excluding hydrogens is 252 g/mol. The third kappa shape index (κ3) is 2.38. The van der Waals surface area contributed by atoms with E-state index in [1.807, 2.05) is 13.0 Å². The first-order valence-electron chi connectivity index (χ1n) is 5.68. The number of carboxylic acids is 1. The summed E-state index contributed by atoms with van der Waals surface area (Å²) in [5.74, 6) is -0.989. The van der Waals surface area contributed by atoms with Crippen molar-refractivity contribution in [3.05, 3.63) is 41.0 Å². The Labute approximate surface area is 110 Å². The molecule has 1 heterocycles. The van der Waals surface area contributed by atoms with Crippen LogP contribution in [0, 0.1) is 0 Å². The van der Waals surface area contributed by atoms with Crippen molar-refractivity contribution >= 4 is 17.6 Å². The molecule has 1 aromatic carbocycles. The summed E-state index contributed by atoms with van der Waals surface area (Å²) >= 11 is 5.84. The van der Waals surface area contributed by atoms with Gasteiger partial charge in [0.05, 0.1) is 11.3 Å². The van der Waals surface area contributed by atoms with Crippen molar-refractivity contribution in [3.8, 4) is 11.3 Å². The highest BCUT2D eigenvalue weighted by Crippen LogP contribution is 2.26. The zero-order valence-corrected chi connectivity index (χ0v) is 10.7. The first kappa shape index (κ1) is 12.6. The zero-order valence-electron chi connectivity index (χ0n) is 9.93. The minimum absolute atomic E-state index is 0.195. The molecule has 2 rings (SSSR count). The van der Waals surface area contributed by atoms with Gasteiger partial charge in [0.15, 0.2) is 0 Å². The van der Waals surface area contributed by atoms with Crippen LogP contribution in [-0.4, -0.2) is 20.9 Å². The third-order valence-corrected chi connectivity index (χ3v) is 2.88. The van der Waals surface area contributed by atoms with Crippen LogP contribution in [0.15, 0.2) is 30.5 Å². The minimum atomic E-state index is -0.989. The fourth-order valence-corrected chi connectivity index (χ4v) is 2.04. The highest BCUT2D eigenvalue weighted by molar-refractivity contribution is 6.31. The first-order valence-corrected chi connectivity index (χ1v) is 6.06. The Kier molecular flexibility index (Phi) is 3.67. The maximum atomic E-state index is 11.3. The Morgan fingerprint density at radius 2 is 2.22 bits per heavy atom. The van der Waals surface area contributed by atoms with E-state index in [4.69, 9.17) is 11.6 Å². The smallest absolute Gasteiger partial charge is 0.336 e. The largest absolute Gasteiger partial charge is 0.478 e. The molecule has 0 spiro atoms. The minimum Gasteiger partial charge on any atom is -0.478 e. The van der Waals surface area contributed by atoms with Crippen LogP contribution in [0.3, 0.4) is 0 Å². The Hall–Kier alpha value is -1.81. The van der Waals surface area contributed by atoms with Gasteiger partial charge in [-0.1, -0.05) is 24.6 Å². The number of carbonyl (C=O) groups is 1. The van der Waals surface area contributed by atoms with Crippen LogP contribution in [0.1, 0.15) is 23.7 Å². The normalized spacial score (nSPS) is 10.6. The number of aromatic nitrogens is 2. The molecule has 1 N–H and O–H groups in total. The van der Waals surface area contributed by atoms with Gasteiger partial charge in [0.25, 0.3) is 0 Å². The van der Waals surface area contributed by atoms with Gasteiger partial charge in [0, 0.05) is 23.3 Å². The number of carboxylic acid groups (broad SMARTS) is 1. The van der Waals surface area contributed by atoms with Crippen LogP contribution in [0.25, 0.3) is 11.3 Å². The number of benzene rings is 1. The molecule has 2 aromatic rings. The van der Waals surface area contributed by atoms with Gasteiger partial charge in [0.1, 0.15) is 0 Å². The summed E-state index contributed by atoms with van der Waals surface area (Å²) < 4.78 is 1.80. The van der Waals surface area contributed by atoms with Crippen LogP contribution in [-0.2, 0) is 6.54 Å². The topological polar surface area (TPSA) is 55.1 Å². The van der Waals surface area contributed by atoms with Crippen LogP contribution < -0.4 is 0 Å². The second-order valence-corrected chi connectivity index (χ2v) is 4.37. The molecule has 4 nitrogen and oxygen atoms in total. The maximum Gasteiger partial charge on any atom is 0.336 e. The monoisotopic (exact) mass is 264 g/mol. The molecule has 0 amide bonds. The Morgan fingerprint density at radius 3 is 2.89 bits per heavy atom. The van der Waals surface area contributed by atoms with Gasteiger partial charge in [0.2, 0.25) is 0 Å². The van der Waals surface area contributed by atoms with Gasteiger partial charge in [-0.05, 0) is 24.6 Å². The highest BCUT2D eigenvalue weighted by Gasteiger charge is 2.15. The summed E-state index contributed by atoms with van der Waals surface area (Å²) in [4.78, 5) is 11.3. The molecule has 0 aliphatic rings. The van der Waals surface area contributed by atoms with Crippen molar-refractivity contribution < 1.29 is 9.90 Å². The lowest BCUT2D eigenvalue weighted by Gasteiger charge is -2.09. The van der Waals surface area contributed by atoms with Gasteiger partial charge in [-0.3, -0.25) is 4.68 Å². The Bertz CT molecular complexity index is 578. The third-order valence-electron chi connectivity index (χ3n) is 2.64. The summed E-state index contributed by atoms with van der Waals surface area (Å²) in [5, 5.41) is 13.8. The quantitative estimate of drug-likeness (QED) is 0.922. The average Bonchev–Trinajstić information content (AvgIpc) is 2.77. The lowest BCUT2D eigenvalue weighted by molar-refractivity contribution is 0.0697. The maximum absolute atomic E-state index is 11.3. The molecule has 94 valence electrons. The molecular formula is C13H13ClN2O2. The van der Waals surface area contributed by atoms with Crippen molar-refractivity contribution in [2.45, 2.75) is 19.9 Å². The van der Waals surface area contributed by atoms with Crippen LogP contribution in [0.5, 0.6) is 0 Å². The number of aromatic carboxylic acids is 1. The summed E-state index contributed by atoms with van der Waals surface area (Å²) in [6.45, 7) is 2.80. The summed E-state index contributed by atoms with van der Waals surface area (Å²) in [5.41, 5.74) is 1.63. The molecule has 5 heteroatoms. The van der Waals surface area contributed by atoms with Gasteiger partial charge in [-0.2, -0.15) is 5.10 Å². The molecule has 0 bridgehead atoms. The summed E-state index contributed by atoms with van der Waals surface area (Å²) in [7, 11) is 0. The molecule has 1 aromatic heterocycles. The van der Waals surface area contributed by atoms with E-state index in [1.165, 1.54) is 6.07 Å². The number of nitrogens with zero attached hydrogens (tertiary/aromatic N) is 2. The molecule has 0 aliphatic carbocycles. The standard InChI is InChI=1S/C13H13ClN2O2/c1-2-7-16-12(5-6-15-16)10-4-3-9(14)8-11(10)13(17)18/h3-6,8H,2,7H2,1H3,(H,17,18). The Balaban J connectivity index is 2.56. The van der Waals surface area contributed by atoms with Crippen molar-refractivity contribution in [1.29, 1.82) is 0 Å². The van der Waals surface area contributed by atoms with Gasteiger partial charge in [-0.25, -0.2) is 4.79 Å². The van der Waals surface area contributed by atoms with E-state index in [0.717, 1.165) is 18.7 Å². The van der Waals surface area contributed by atoms with E-state index < -0.39 is 5.97 Å². The number of rotatable bonds is 4. The highest BCUT2D eigenvalue weighted by atomic mass is 35.5.